The van der Waals surface area contributed by atoms with Gasteiger partial charge in [0.05, 0.1) is 16.2 Å². The molecule has 1 aromatic rings. The third kappa shape index (κ3) is 2.52. The van der Waals surface area contributed by atoms with Crippen molar-refractivity contribution in [2.45, 2.75) is 6.43 Å². The summed E-state index contributed by atoms with van der Waals surface area (Å²) < 4.78 is 29.5. The molecule has 82 valence electrons. The minimum absolute atomic E-state index is 0.0732. The number of carboxylic acids is 1. The molecule has 0 radical (unpaired) electrons. The van der Waals surface area contributed by atoms with Crippen molar-refractivity contribution >= 4 is 28.6 Å². The molecule has 0 aromatic carbocycles. The highest BCUT2D eigenvalue weighted by molar-refractivity contribution is 14.1. The lowest BCUT2D eigenvalue weighted by Gasteiger charge is -2.08. The molecule has 7 heteroatoms. The van der Waals surface area contributed by atoms with E-state index in [4.69, 9.17) is 5.11 Å². The van der Waals surface area contributed by atoms with Crippen molar-refractivity contribution in [2.75, 3.05) is 7.11 Å². The van der Waals surface area contributed by atoms with E-state index in [1.165, 1.54) is 29.7 Å². The Kier molecular flexibility index (Phi) is 3.77. The zero-order valence-electron chi connectivity index (χ0n) is 7.50. The van der Waals surface area contributed by atoms with Crippen molar-refractivity contribution in [1.82, 2.24) is 4.98 Å². The van der Waals surface area contributed by atoms with E-state index in [9.17, 15) is 13.6 Å². The predicted molar refractivity (Wildman–Crippen MR) is 55.4 cm³/mol. The Balaban J connectivity index is 3.40. The Morgan fingerprint density at radius 3 is 2.67 bits per heavy atom. The van der Waals surface area contributed by atoms with Gasteiger partial charge in [-0.05, 0) is 22.6 Å². The zero-order valence-corrected chi connectivity index (χ0v) is 9.66. The van der Waals surface area contributed by atoms with E-state index in [0.29, 0.717) is 0 Å². The van der Waals surface area contributed by atoms with Gasteiger partial charge in [0, 0.05) is 6.07 Å². The van der Waals surface area contributed by atoms with Crippen LogP contribution in [0.2, 0.25) is 0 Å². The summed E-state index contributed by atoms with van der Waals surface area (Å²) in [4.78, 5) is 14.2. The Bertz CT molecular complexity index is 398. The van der Waals surface area contributed by atoms with Gasteiger partial charge in [0.2, 0.25) is 5.88 Å². The van der Waals surface area contributed by atoms with E-state index in [1.54, 1.807) is 0 Å². The van der Waals surface area contributed by atoms with Crippen LogP contribution in [0, 0.1) is 3.57 Å². The van der Waals surface area contributed by atoms with Crippen molar-refractivity contribution in [3.8, 4) is 5.88 Å². The van der Waals surface area contributed by atoms with Gasteiger partial charge in [0.1, 0.15) is 5.69 Å². The molecule has 1 aromatic heterocycles. The molecule has 4 nitrogen and oxygen atoms in total. The highest BCUT2D eigenvalue weighted by Gasteiger charge is 2.21. The third-order valence-electron chi connectivity index (χ3n) is 1.61. The molecular formula is C8H6F2INO3. The maximum absolute atomic E-state index is 12.5. The van der Waals surface area contributed by atoms with Gasteiger partial charge >= 0.3 is 5.97 Å². The van der Waals surface area contributed by atoms with Gasteiger partial charge in [-0.25, -0.2) is 18.6 Å². The number of methoxy groups -OCH3 is 1. The van der Waals surface area contributed by atoms with Crippen molar-refractivity contribution < 1.29 is 23.4 Å². The fourth-order valence-corrected chi connectivity index (χ4v) is 1.67. The number of rotatable bonds is 3. The molecule has 0 atom stereocenters. The standard InChI is InChI=1S/C8H6F2INO3/c1-15-4-2-3(8(13)14)5(11)6(12-4)7(9)10/h2,7H,1H3,(H,13,14). The molecule has 1 rings (SSSR count). The van der Waals surface area contributed by atoms with E-state index < -0.39 is 18.1 Å². The Labute approximate surface area is 97.4 Å². The maximum atomic E-state index is 12.5. The Morgan fingerprint density at radius 2 is 2.27 bits per heavy atom. The number of carboxylic acid groups (broad SMARTS) is 1. The topological polar surface area (TPSA) is 59.4 Å². The SMILES string of the molecule is COc1cc(C(=O)O)c(I)c(C(F)F)n1. The molecule has 0 unspecified atom stereocenters. The maximum Gasteiger partial charge on any atom is 0.337 e. The van der Waals surface area contributed by atoms with Crippen molar-refractivity contribution in [2.24, 2.45) is 0 Å². The van der Waals surface area contributed by atoms with E-state index in [0.717, 1.165) is 6.07 Å². The van der Waals surface area contributed by atoms with Gasteiger partial charge in [0.15, 0.2) is 0 Å². The van der Waals surface area contributed by atoms with Crippen LogP contribution in [0.5, 0.6) is 5.88 Å². The molecule has 0 saturated carbocycles. The third-order valence-corrected chi connectivity index (χ3v) is 2.74. The molecule has 0 aliphatic heterocycles. The first-order valence-electron chi connectivity index (χ1n) is 3.73. The van der Waals surface area contributed by atoms with Gasteiger partial charge in [-0.3, -0.25) is 0 Å². The molecule has 0 aliphatic carbocycles. The molecule has 0 amide bonds. The van der Waals surface area contributed by atoms with Crippen molar-refractivity contribution in [1.29, 1.82) is 0 Å². The first kappa shape index (κ1) is 12.1. The van der Waals surface area contributed by atoms with Gasteiger partial charge in [0.25, 0.3) is 6.43 Å². The fourth-order valence-electron chi connectivity index (χ4n) is 0.930. The first-order valence-corrected chi connectivity index (χ1v) is 4.81. The van der Waals surface area contributed by atoms with Crippen LogP contribution in [0.3, 0.4) is 0 Å². The number of carbonyl (C=O) groups is 1. The number of halogens is 3. The summed E-state index contributed by atoms with van der Waals surface area (Å²) in [5.74, 6) is -1.43. The van der Waals surface area contributed by atoms with Crippen LogP contribution in [-0.4, -0.2) is 23.2 Å². The molecular weight excluding hydrogens is 323 g/mol. The van der Waals surface area contributed by atoms with E-state index in [1.807, 2.05) is 0 Å². The van der Waals surface area contributed by atoms with E-state index >= 15 is 0 Å². The number of ether oxygens (including phenoxy) is 1. The summed E-state index contributed by atoms with van der Waals surface area (Å²) in [6.45, 7) is 0. The normalized spacial score (nSPS) is 10.5. The molecule has 1 N–H and O–H groups in total. The van der Waals surface area contributed by atoms with Crippen LogP contribution < -0.4 is 4.74 Å². The first-order chi connectivity index (χ1) is 6.97. The van der Waals surface area contributed by atoms with Crippen LogP contribution >= 0.6 is 22.6 Å². The lowest BCUT2D eigenvalue weighted by Crippen LogP contribution is -2.07. The van der Waals surface area contributed by atoms with Gasteiger partial charge in [-0.1, -0.05) is 0 Å². The number of pyridine rings is 1. The highest BCUT2D eigenvalue weighted by Crippen LogP contribution is 2.28. The number of hydrogen-bond donors (Lipinski definition) is 1. The minimum atomic E-state index is -2.83. The molecule has 1 heterocycles. The van der Waals surface area contributed by atoms with E-state index in [2.05, 4.69) is 9.72 Å². The predicted octanol–water partition coefficient (Wildman–Crippen LogP) is 2.33. The van der Waals surface area contributed by atoms with Gasteiger partial charge in [-0.2, -0.15) is 0 Å². The lowest BCUT2D eigenvalue weighted by atomic mass is 10.2. The molecule has 15 heavy (non-hydrogen) atoms. The van der Waals surface area contributed by atoms with Crippen LogP contribution in [0.4, 0.5) is 8.78 Å². The summed E-state index contributed by atoms with van der Waals surface area (Å²) in [5, 5.41) is 8.76. The Morgan fingerprint density at radius 1 is 1.67 bits per heavy atom. The molecule has 0 fully saturated rings. The second-order valence-electron chi connectivity index (χ2n) is 2.52. The Hall–Kier alpha value is -0.990. The van der Waals surface area contributed by atoms with Crippen LogP contribution in [-0.2, 0) is 0 Å². The minimum Gasteiger partial charge on any atom is -0.481 e. The molecule has 0 aliphatic rings. The monoisotopic (exact) mass is 329 g/mol. The smallest absolute Gasteiger partial charge is 0.337 e. The number of hydrogen-bond acceptors (Lipinski definition) is 3. The van der Waals surface area contributed by atoms with Crippen LogP contribution in [0.25, 0.3) is 0 Å². The number of alkyl halides is 2. The number of aromatic nitrogens is 1. The van der Waals surface area contributed by atoms with Crippen LogP contribution in [0.15, 0.2) is 6.07 Å². The lowest BCUT2D eigenvalue weighted by molar-refractivity contribution is 0.0694. The zero-order chi connectivity index (χ0) is 11.6. The molecule has 0 spiro atoms. The largest absolute Gasteiger partial charge is 0.481 e. The van der Waals surface area contributed by atoms with Gasteiger partial charge < -0.3 is 9.84 Å². The van der Waals surface area contributed by atoms with Crippen molar-refractivity contribution in [3.05, 3.63) is 20.9 Å². The summed E-state index contributed by atoms with van der Waals surface area (Å²) in [7, 11) is 1.23. The quantitative estimate of drug-likeness (QED) is 0.865. The summed E-state index contributed by atoms with van der Waals surface area (Å²) >= 11 is 1.53. The average molecular weight is 329 g/mol. The van der Waals surface area contributed by atoms with Gasteiger partial charge in [-0.15, -0.1) is 0 Å². The second kappa shape index (κ2) is 4.69. The summed E-state index contributed by atoms with van der Waals surface area (Å²) in [5.41, 5.74) is -0.815. The number of nitrogens with zero attached hydrogens (tertiary/aromatic N) is 1. The average Bonchev–Trinajstić information content (AvgIpc) is 2.17. The van der Waals surface area contributed by atoms with Crippen molar-refractivity contribution in [3.63, 3.8) is 0 Å². The van der Waals surface area contributed by atoms with Crippen LogP contribution in [0.1, 0.15) is 22.5 Å². The summed E-state index contributed by atoms with van der Waals surface area (Å²) in [6, 6.07) is 1.11. The number of aromatic carboxylic acids is 1. The molecule has 0 bridgehead atoms. The van der Waals surface area contributed by atoms with E-state index in [-0.39, 0.29) is 15.0 Å². The fraction of sp³-hybridized carbons (Fsp3) is 0.250. The summed E-state index contributed by atoms with van der Waals surface area (Å²) in [6.07, 6.45) is -2.83. The highest BCUT2D eigenvalue weighted by atomic mass is 127. The second-order valence-corrected chi connectivity index (χ2v) is 3.60. The molecule has 0 saturated heterocycles.